The molecule has 0 atom stereocenters. The highest BCUT2D eigenvalue weighted by molar-refractivity contribution is 8.14. The third kappa shape index (κ3) is 2.42. The van der Waals surface area contributed by atoms with Gasteiger partial charge in [-0.25, -0.2) is 4.79 Å². The van der Waals surface area contributed by atoms with Gasteiger partial charge in [-0.15, -0.1) is 0 Å². The van der Waals surface area contributed by atoms with Gasteiger partial charge in [-0.3, -0.25) is 4.99 Å². The maximum Gasteiger partial charge on any atom is 0.323 e. The van der Waals surface area contributed by atoms with E-state index in [0.29, 0.717) is 0 Å². The van der Waals surface area contributed by atoms with Crippen LogP contribution in [-0.4, -0.2) is 24.3 Å². The molecule has 2 aromatic rings. The van der Waals surface area contributed by atoms with Crippen molar-refractivity contribution in [2.24, 2.45) is 4.99 Å². The van der Waals surface area contributed by atoms with Crippen LogP contribution in [0, 0.1) is 0 Å². The molecule has 5 nitrogen and oxygen atoms in total. The molecule has 110 valence electrons. The fourth-order valence-electron chi connectivity index (χ4n) is 2.54. The Hall–Kier alpha value is -2.47. The van der Waals surface area contributed by atoms with E-state index in [9.17, 15) is 4.79 Å². The van der Waals surface area contributed by atoms with Gasteiger partial charge in [0.1, 0.15) is 0 Å². The Morgan fingerprint density at radius 3 is 2.77 bits per heavy atom. The van der Waals surface area contributed by atoms with E-state index in [1.807, 2.05) is 48.5 Å². The first kappa shape index (κ1) is 13.2. The van der Waals surface area contributed by atoms with Crippen LogP contribution in [0.5, 0.6) is 0 Å². The first-order chi connectivity index (χ1) is 10.8. The summed E-state index contributed by atoms with van der Waals surface area (Å²) in [6, 6.07) is 15.1. The van der Waals surface area contributed by atoms with Crippen molar-refractivity contribution in [1.82, 2.24) is 0 Å². The SMILES string of the molecule is O=C(Nc1ccccc1)Nc1ccc2c(c1)N1CCN=C1S2. The van der Waals surface area contributed by atoms with Gasteiger partial charge < -0.3 is 15.5 Å². The van der Waals surface area contributed by atoms with E-state index in [2.05, 4.69) is 20.5 Å². The topological polar surface area (TPSA) is 56.7 Å². The number of amidine groups is 1. The Morgan fingerprint density at radius 2 is 1.91 bits per heavy atom. The average Bonchev–Trinajstić information content (AvgIpc) is 3.09. The summed E-state index contributed by atoms with van der Waals surface area (Å²) < 4.78 is 0. The summed E-state index contributed by atoms with van der Waals surface area (Å²) in [5, 5.41) is 6.74. The van der Waals surface area contributed by atoms with Crippen LogP contribution in [0.3, 0.4) is 0 Å². The summed E-state index contributed by atoms with van der Waals surface area (Å²) in [5.41, 5.74) is 2.67. The molecule has 22 heavy (non-hydrogen) atoms. The zero-order valence-corrected chi connectivity index (χ0v) is 12.6. The number of carbonyl (C=O) groups is 1. The maximum atomic E-state index is 12.0. The lowest BCUT2D eigenvalue weighted by Crippen LogP contribution is -2.22. The quantitative estimate of drug-likeness (QED) is 0.891. The highest BCUT2D eigenvalue weighted by Gasteiger charge is 2.29. The number of carbonyl (C=O) groups excluding carboxylic acids is 1. The van der Waals surface area contributed by atoms with Gasteiger partial charge in [0, 0.05) is 22.8 Å². The molecule has 2 aliphatic rings. The molecule has 2 aromatic carbocycles. The Labute approximate surface area is 132 Å². The highest BCUT2D eigenvalue weighted by Crippen LogP contribution is 2.43. The number of para-hydroxylation sites is 1. The molecule has 0 fully saturated rings. The van der Waals surface area contributed by atoms with Crippen LogP contribution in [0.25, 0.3) is 0 Å². The molecule has 0 aliphatic carbocycles. The van der Waals surface area contributed by atoms with Crippen molar-refractivity contribution in [2.45, 2.75) is 4.90 Å². The summed E-state index contributed by atoms with van der Waals surface area (Å²) in [5.74, 6) is 0. The lowest BCUT2D eigenvalue weighted by molar-refractivity contribution is 0.262. The molecular weight excluding hydrogens is 296 g/mol. The lowest BCUT2D eigenvalue weighted by atomic mass is 10.2. The van der Waals surface area contributed by atoms with Crippen LogP contribution in [0.4, 0.5) is 21.9 Å². The monoisotopic (exact) mass is 310 g/mol. The normalized spacial score (nSPS) is 15.1. The zero-order chi connectivity index (χ0) is 14.9. The van der Waals surface area contributed by atoms with Crippen molar-refractivity contribution < 1.29 is 4.79 Å². The fourth-order valence-corrected chi connectivity index (χ4v) is 3.61. The lowest BCUT2D eigenvalue weighted by Gasteiger charge is -2.14. The van der Waals surface area contributed by atoms with Crippen LogP contribution in [0.1, 0.15) is 0 Å². The number of hydrogen-bond donors (Lipinski definition) is 2. The molecule has 6 heteroatoms. The van der Waals surface area contributed by atoms with Gasteiger partial charge in [-0.1, -0.05) is 18.2 Å². The van der Waals surface area contributed by atoms with Crippen molar-refractivity contribution in [1.29, 1.82) is 0 Å². The molecule has 2 N–H and O–H groups in total. The number of urea groups is 1. The number of amides is 2. The number of nitrogens with zero attached hydrogens (tertiary/aromatic N) is 2. The minimum atomic E-state index is -0.243. The number of nitrogens with one attached hydrogen (secondary N) is 2. The van der Waals surface area contributed by atoms with E-state index in [-0.39, 0.29) is 6.03 Å². The molecule has 2 aliphatic heterocycles. The van der Waals surface area contributed by atoms with Gasteiger partial charge in [-0.05, 0) is 42.1 Å². The number of benzene rings is 2. The predicted octanol–water partition coefficient (Wildman–Crippen LogP) is 3.61. The number of fused-ring (bicyclic) bond motifs is 3. The molecule has 2 heterocycles. The third-order valence-electron chi connectivity index (χ3n) is 3.54. The van der Waals surface area contributed by atoms with Gasteiger partial charge in [0.2, 0.25) is 0 Å². The van der Waals surface area contributed by atoms with Gasteiger partial charge in [-0.2, -0.15) is 0 Å². The number of anilines is 3. The molecule has 0 bridgehead atoms. The molecule has 0 spiro atoms. The van der Waals surface area contributed by atoms with Gasteiger partial charge >= 0.3 is 6.03 Å². The second kappa shape index (κ2) is 5.38. The second-order valence-corrected chi connectivity index (χ2v) is 6.05. The van der Waals surface area contributed by atoms with Crippen molar-refractivity contribution in [3.8, 4) is 0 Å². The van der Waals surface area contributed by atoms with Crippen LogP contribution in [0.2, 0.25) is 0 Å². The van der Waals surface area contributed by atoms with Crippen LogP contribution in [-0.2, 0) is 0 Å². The molecule has 2 amide bonds. The predicted molar refractivity (Wildman–Crippen MR) is 91.0 cm³/mol. The van der Waals surface area contributed by atoms with E-state index in [1.54, 1.807) is 11.8 Å². The molecule has 0 aromatic heterocycles. The van der Waals surface area contributed by atoms with E-state index in [1.165, 1.54) is 4.90 Å². The molecule has 0 radical (unpaired) electrons. The average molecular weight is 310 g/mol. The van der Waals surface area contributed by atoms with Crippen molar-refractivity contribution in [3.05, 3.63) is 48.5 Å². The Bertz CT molecular complexity index is 760. The minimum Gasteiger partial charge on any atom is -0.318 e. The summed E-state index contributed by atoms with van der Waals surface area (Å²) in [6.07, 6.45) is 0. The molecule has 4 rings (SSSR count). The smallest absolute Gasteiger partial charge is 0.318 e. The number of hydrogen-bond acceptors (Lipinski definition) is 4. The van der Waals surface area contributed by atoms with Crippen LogP contribution >= 0.6 is 11.8 Å². The Balaban J connectivity index is 1.49. The molecule has 0 saturated heterocycles. The van der Waals surface area contributed by atoms with E-state index in [4.69, 9.17) is 0 Å². The fraction of sp³-hybridized carbons (Fsp3) is 0.125. The molecular formula is C16H14N4OS. The first-order valence-electron chi connectivity index (χ1n) is 7.06. The van der Waals surface area contributed by atoms with E-state index < -0.39 is 0 Å². The Kier molecular flexibility index (Phi) is 3.23. The van der Waals surface area contributed by atoms with E-state index in [0.717, 1.165) is 35.3 Å². The summed E-state index contributed by atoms with van der Waals surface area (Å²) >= 11 is 1.68. The first-order valence-corrected chi connectivity index (χ1v) is 7.88. The maximum absolute atomic E-state index is 12.0. The summed E-state index contributed by atoms with van der Waals surface area (Å²) in [7, 11) is 0. The van der Waals surface area contributed by atoms with Crippen molar-refractivity contribution in [3.63, 3.8) is 0 Å². The number of aliphatic imine (C=N–C) groups is 1. The Morgan fingerprint density at radius 1 is 1.09 bits per heavy atom. The minimum absolute atomic E-state index is 0.243. The van der Waals surface area contributed by atoms with Crippen molar-refractivity contribution in [2.75, 3.05) is 28.6 Å². The van der Waals surface area contributed by atoms with Crippen LogP contribution in [0.15, 0.2) is 58.4 Å². The van der Waals surface area contributed by atoms with Gasteiger partial charge in [0.05, 0.1) is 12.2 Å². The largest absolute Gasteiger partial charge is 0.323 e. The van der Waals surface area contributed by atoms with Crippen molar-refractivity contribution >= 4 is 40.0 Å². The highest BCUT2D eigenvalue weighted by atomic mass is 32.2. The zero-order valence-electron chi connectivity index (χ0n) is 11.7. The summed E-state index contributed by atoms with van der Waals surface area (Å²) in [6.45, 7) is 1.75. The van der Waals surface area contributed by atoms with E-state index >= 15 is 0 Å². The standard InChI is InChI=1S/C16H14N4OS/c21-15(18-11-4-2-1-3-5-11)19-12-6-7-14-13(10-12)20-9-8-17-16(20)22-14/h1-7,10H,8-9H2,(H2,18,19,21). The second-order valence-electron chi connectivity index (χ2n) is 5.05. The third-order valence-corrected chi connectivity index (χ3v) is 4.64. The number of thioether (sulfide) groups is 1. The molecule has 0 unspecified atom stereocenters. The summed E-state index contributed by atoms with van der Waals surface area (Å²) in [4.78, 5) is 19.9. The van der Waals surface area contributed by atoms with Crippen LogP contribution < -0.4 is 15.5 Å². The number of rotatable bonds is 2. The molecule has 0 saturated carbocycles. The van der Waals surface area contributed by atoms with Gasteiger partial charge in [0.25, 0.3) is 0 Å². The van der Waals surface area contributed by atoms with Gasteiger partial charge in [0.15, 0.2) is 5.17 Å².